The van der Waals surface area contributed by atoms with Crippen LogP contribution >= 0.6 is 0 Å². The maximum Gasteiger partial charge on any atom is 0.254 e. The number of amides is 1. The summed E-state index contributed by atoms with van der Waals surface area (Å²) in [5.41, 5.74) is 6.62. The predicted octanol–water partition coefficient (Wildman–Crippen LogP) is 0.981. The highest BCUT2D eigenvalue weighted by atomic mass is 16.1. The van der Waals surface area contributed by atoms with Crippen LogP contribution in [0.5, 0.6) is 0 Å². The normalized spacial score (nSPS) is 11.6. The summed E-state index contributed by atoms with van der Waals surface area (Å²) in [5, 5.41) is 2.90. The van der Waals surface area contributed by atoms with Gasteiger partial charge in [0.15, 0.2) is 0 Å². The Balaban J connectivity index is 2.59. The zero-order valence-electron chi connectivity index (χ0n) is 11.5. The molecule has 0 saturated carbocycles. The summed E-state index contributed by atoms with van der Waals surface area (Å²) in [4.78, 5) is 18.0. The van der Waals surface area contributed by atoms with Gasteiger partial charge in [0.2, 0.25) is 0 Å². The highest BCUT2D eigenvalue weighted by molar-refractivity contribution is 5.98. The number of hydrogen-bond donors (Lipinski definition) is 2. The molecule has 0 saturated heterocycles. The number of carbonyl (C=O) groups excluding carboxylic acids is 1. The Morgan fingerprint density at radius 1 is 1.50 bits per heavy atom. The first-order chi connectivity index (χ1) is 8.32. The number of nitrogens with zero attached hydrogens (tertiary/aromatic N) is 2. The molecule has 3 N–H and O–H groups in total. The fourth-order valence-corrected chi connectivity index (χ4v) is 1.92. The first-order valence-electron chi connectivity index (χ1n) is 5.94. The Bertz CT molecular complexity index is 415. The highest BCUT2D eigenvalue weighted by Gasteiger charge is 2.20. The lowest BCUT2D eigenvalue weighted by Gasteiger charge is -2.28. The molecule has 1 amide bonds. The van der Waals surface area contributed by atoms with Crippen molar-refractivity contribution in [3.63, 3.8) is 0 Å². The molecule has 0 spiro atoms. The van der Waals surface area contributed by atoms with Crippen LogP contribution in [-0.2, 0) is 0 Å². The minimum Gasteiger partial charge on any atom is -0.398 e. The van der Waals surface area contributed by atoms with Crippen molar-refractivity contribution in [3.8, 4) is 0 Å². The average molecular weight is 250 g/mol. The molecular formula is C13H22N4O. The molecule has 0 radical (unpaired) electrons. The second kappa shape index (κ2) is 5.82. The second-order valence-corrected chi connectivity index (χ2v) is 5.55. The lowest BCUT2D eigenvalue weighted by atomic mass is 9.93. The van der Waals surface area contributed by atoms with Crippen molar-refractivity contribution < 1.29 is 4.79 Å². The molecule has 0 fully saturated rings. The molecule has 1 aromatic heterocycles. The van der Waals surface area contributed by atoms with Gasteiger partial charge in [-0.15, -0.1) is 0 Å². The van der Waals surface area contributed by atoms with Gasteiger partial charge < -0.3 is 16.0 Å². The molecule has 0 atom stereocenters. The third kappa shape index (κ3) is 4.33. The summed E-state index contributed by atoms with van der Waals surface area (Å²) in [7, 11) is 4.03. The molecule has 0 unspecified atom stereocenters. The first-order valence-corrected chi connectivity index (χ1v) is 5.94. The Kier molecular flexibility index (Phi) is 4.67. The smallest absolute Gasteiger partial charge is 0.254 e. The van der Waals surface area contributed by atoms with Crippen molar-refractivity contribution in [3.05, 3.63) is 24.0 Å². The summed E-state index contributed by atoms with van der Waals surface area (Å²) < 4.78 is 0. The third-order valence-corrected chi connectivity index (χ3v) is 2.57. The van der Waals surface area contributed by atoms with E-state index in [1.165, 1.54) is 6.20 Å². The van der Waals surface area contributed by atoms with E-state index in [-0.39, 0.29) is 11.3 Å². The molecule has 100 valence electrons. The van der Waals surface area contributed by atoms with Gasteiger partial charge in [0.25, 0.3) is 5.91 Å². The van der Waals surface area contributed by atoms with E-state index in [1.807, 2.05) is 14.1 Å². The second-order valence-electron chi connectivity index (χ2n) is 5.55. The number of anilines is 1. The molecular weight excluding hydrogens is 228 g/mol. The number of nitrogen functional groups attached to an aromatic ring is 1. The first kappa shape index (κ1) is 14.4. The maximum absolute atomic E-state index is 12.0. The summed E-state index contributed by atoms with van der Waals surface area (Å²) >= 11 is 0. The van der Waals surface area contributed by atoms with E-state index in [0.29, 0.717) is 17.8 Å². The van der Waals surface area contributed by atoms with Crippen molar-refractivity contribution in [2.24, 2.45) is 5.41 Å². The predicted molar refractivity (Wildman–Crippen MR) is 73.3 cm³/mol. The number of pyridine rings is 1. The Morgan fingerprint density at radius 3 is 2.72 bits per heavy atom. The number of nitrogens with two attached hydrogens (primary N) is 1. The van der Waals surface area contributed by atoms with Gasteiger partial charge in [-0.2, -0.15) is 0 Å². The maximum atomic E-state index is 12.0. The van der Waals surface area contributed by atoms with Crippen molar-refractivity contribution in [2.45, 2.75) is 13.8 Å². The van der Waals surface area contributed by atoms with Crippen molar-refractivity contribution in [1.29, 1.82) is 0 Å². The van der Waals surface area contributed by atoms with Gasteiger partial charge in [0.05, 0.1) is 5.56 Å². The number of nitrogens with one attached hydrogen (secondary N) is 1. The van der Waals surface area contributed by atoms with E-state index >= 15 is 0 Å². The molecule has 5 heteroatoms. The van der Waals surface area contributed by atoms with E-state index < -0.39 is 0 Å². The van der Waals surface area contributed by atoms with Gasteiger partial charge in [-0.3, -0.25) is 9.78 Å². The van der Waals surface area contributed by atoms with E-state index in [2.05, 4.69) is 29.0 Å². The van der Waals surface area contributed by atoms with Crippen LogP contribution in [0.15, 0.2) is 18.5 Å². The summed E-state index contributed by atoms with van der Waals surface area (Å²) in [5.74, 6) is -0.174. The molecule has 18 heavy (non-hydrogen) atoms. The summed E-state index contributed by atoms with van der Waals surface area (Å²) in [6.45, 7) is 5.72. The van der Waals surface area contributed by atoms with Crippen LogP contribution in [0.2, 0.25) is 0 Å². The summed E-state index contributed by atoms with van der Waals surface area (Å²) in [6.07, 6.45) is 3.06. The average Bonchev–Trinajstić information content (AvgIpc) is 2.25. The summed E-state index contributed by atoms with van der Waals surface area (Å²) in [6, 6.07) is 1.62. The van der Waals surface area contributed by atoms with Crippen LogP contribution in [0.25, 0.3) is 0 Å². The van der Waals surface area contributed by atoms with E-state index in [9.17, 15) is 4.79 Å². The number of hydrogen-bond acceptors (Lipinski definition) is 4. The monoisotopic (exact) mass is 250 g/mol. The molecule has 0 aromatic carbocycles. The van der Waals surface area contributed by atoms with Crippen LogP contribution in [0.4, 0.5) is 5.69 Å². The topological polar surface area (TPSA) is 71.2 Å². The van der Waals surface area contributed by atoms with Gasteiger partial charge in [-0.05, 0) is 25.6 Å². The van der Waals surface area contributed by atoms with Gasteiger partial charge in [-0.25, -0.2) is 0 Å². The standard InChI is InChI=1S/C13H22N4O/c1-13(2,9-17(3)4)8-16-12(18)10-7-15-6-5-11(10)14/h5-7H,8-9H2,1-4H3,(H2,14,15)(H,16,18). The molecule has 0 aliphatic carbocycles. The SMILES string of the molecule is CN(C)CC(C)(C)CNC(=O)c1cnccc1N. The van der Waals surface area contributed by atoms with Crippen LogP contribution in [0.1, 0.15) is 24.2 Å². The Hall–Kier alpha value is -1.62. The van der Waals surface area contributed by atoms with Gasteiger partial charge in [-0.1, -0.05) is 13.8 Å². The van der Waals surface area contributed by atoms with Crippen LogP contribution in [-0.4, -0.2) is 43.0 Å². The van der Waals surface area contributed by atoms with Crippen LogP contribution in [0.3, 0.4) is 0 Å². The molecule has 5 nitrogen and oxygen atoms in total. The van der Waals surface area contributed by atoms with E-state index in [1.54, 1.807) is 12.3 Å². The van der Waals surface area contributed by atoms with Crippen LogP contribution < -0.4 is 11.1 Å². The highest BCUT2D eigenvalue weighted by Crippen LogP contribution is 2.15. The lowest BCUT2D eigenvalue weighted by Crippen LogP contribution is -2.40. The minimum absolute atomic E-state index is 0.0101. The molecule has 0 aliphatic rings. The van der Waals surface area contributed by atoms with Gasteiger partial charge >= 0.3 is 0 Å². The number of carbonyl (C=O) groups is 1. The fourth-order valence-electron chi connectivity index (χ4n) is 1.92. The van der Waals surface area contributed by atoms with E-state index in [4.69, 9.17) is 5.73 Å². The van der Waals surface area contributed by atoms with Crippen molar-refractivity contribution in [2.75, 3.05) is 32.9 Å². The molecule has 0 bridgehead atoms. The fraction of sp³-hybridized carbons (Fsp3) is 0.538. The minimum atomic E-state index is -0.174. The number of rotatable bonds is 5. The zero-order valence-corrected chi connectivity index (χ0v) is 11.5. The molecule has 1 aromatic rings. The van der Waals surface area contributed by atoms with Gasteiger partial charge in [0, 0.05) is 31.2 Å². The largest absolute Gasteiger partial charge is 0.398 e. The van der Waals surface area contributed by atoms with Crippen molar-refractivity contribution in [1.82, 2.24) is 15.2 Å². The van der Waals surface area contributed by atoms with Crippen LogP contribution in [0, 0.1) is 5.41 Å². The van der Waals surface area contributed by atoms with Crippen molar-refractivity contribution >= 4 is 11.6 Å². The Labute approximate surface area is 108 Å². The van der Waals surface area contributed by atoms with E-state index in [0.717, 1.165) is 6.54 Å². The van der Waals surface area contributed by atoms with Gasteiger partial charge in [0.1, 0.15) is 0 Å². The zero-order chi connectivity index (χ0) is 13.8. The molecule has 1 heterocycles. The molecule has 0 aliphatic heterocycles. The lowest BCUT2D eigenvalue weighted by molar-refractivity contribution is 0.0930. The Morgan fingerprint density at radius 2 is 2.17 bits per heavy atom. The third-order valence-electron chi connectivity index (χ3n) is 2.57. The quantitative estimate of drug-likeness (QED) is 0.817. The molecule has 1 rings (SSSR count). The number of aromatic nitrogens is 1.